The van der Waals surface area contributed by atoms with E-state index in [2.05, 4.69) is 21.3 Å². The smallest absolute Gasteiger partial charge is 0.328 e. The summed E-state index contributed by atoms with van der Waals surface area (Å²) in [5.74, 6) is -3.45. The maximum Gasteiger partial charge on any atom is 0.328 e. The van der Waals surface area contributed by atoms with E-state index in [0.717, 1.165) is 6.42 Å². The fourth-order valence-corrected chi connectivity index (χ4v) is 2.24. The summed E-state index contributed by atoms with van der Waals surface area (Å²) < 4.78 is 0. The Labute approximate surface area is 144 Å². The molecule has 0 aromatic rings. The number of carbonyl (C=O) groups is 4. The molecule has 0 aromatic carbocycles. The molecule has 0 unspecified atom stereocenters. The molecular weight excluding hydrogens is 336 g/mol. The van der Waals surface area contributed by atoms with Gasteiger partial charge < -0.3 is 36.6 Å². The Morgan fingerprint density at radius 2 is 1.68 bits per heavy atom. The number of aliphatic hydroxyl groups is 2. The summed E-state index contributed by atoms with van der Waals surface area (Å²) in [5.41, 5.74) is 0. The summed E-state index contributed by atoms with van der Waals surface area (Å²) in [6.45, 7) is 0.539. The van der Waals surface area contributed by atoms with E-state index in [-0.39, 0.29) is 0 Å². The van der Waals surface area contributed by atoms with Crippen LogP contribution in [0.2, 0.25) is 0 Å². The summed E-state index contributed by atoms with van der Waals surface area (Å²) in [6.07, 6.45) is 1.46. The van der Waals surface area contributed by atoms with Crippen LogP contribution in [-0.2, 0) is 19.2 Å². The van der Waals surface area contributed by atoms with Crippen molar-refractivity contribution in [2.24, 2.45) is 0 Å². The minimum Gasteiger partial charge on any atom is -0.480 e. The predicted octanol–water partition coefficient (Wildman–Crippen LogP) is -3.72. The molecule has 11 heteroatoms. The summed E-state index contributed by atoms with van der Waals surface area (Å²) in [6, 6.07) is -4.29. The highest BCUT2D eigenvalue weighted by Crippen LogP contribution is 2.05. The van der Waals surface area contributed by atoms with Gasteiger partial charge >= 0.3 is 5.97 Å². The first-order chi connectivity index (χ1) is 11.8. The highest BCUT2D eigenvalue weighted by molar-refractivity contribution is 5.94. The van der Waals surface area contributed by atoms with Crippen LogP contribution in [0.4, 0.5) is 0 Å². The molecule has 25 heavy (non-hydrogen) atoms. The van der Waals surface area contributed by atoms with Gasteiger partial charge in [0.05, 0.1) is 19.3 Å². The van der Waals surface area contributed by atoms with Crippen molar-refractivity contribution in [3.05, 3.63) is 0 Å². The third kappa shape index (κ3) is 6.29. The number of rotatable bonds is 9. The highest BCUT2D eigenvalue weighted by Gasteiger charge is 2.29. The van der Waals surface area contributed by atoms with E-state index in [1.54, 1.807) is 0 Å². The van der Waals surface area contributed by atoms with Gasteiger partial charge in [0, 0.05) is 0 Å². The van der Waals surface area contributed by atoms with Gasteiger partial charge in [0.25, 0.3) is 0 Å². The van der Waals surface area contributed by atoms with Crippen molar-refractivity contribution in [1.29, 1.82) is 0 Å². The molecule has 1 heterocycles. The van der Waals surface area contributed by atoms with Crippen LogP contribution >= 0.6 is 0 Å². The lowest BCUT2D eigenvalue weighted by Gasteiger charge is -2.22. The zero-order chi connectivity index (χ0) is 19.0. The van der Waals surface area contributed by atoms with Crippen LogP contribution < -0.4 is 21.3 Å². The van der Waals surface area contributed by atoms with Crippen molar-refractivity contribution in [3.8, 4) is 0 Å². The van der Waals surface area contributed by atoms with Gasteiger partial charge in [-0.1, -0.05) is 0 Å². The number of nitrogens with one attached hydrogen (secondary N) is 4. The monoisotopic (exact) mass is 360 g/mol. The molecule has 1 aliphatic rings. The molecule has 11 nitrogen and oxygen atoms in total. The number of carboxylic acids is 1. The molecule has 0 bridgehead atoms. The molecule has 7 N–H and O–H groups in total. The largest absolute Gasteiger partial charge is 0.480 e. The van der Waals surface area contributed by atoms with Crippen LogP contribution in [0.1, 0.15) is 19.8 Å². The lowest BCUT2D eigenvalue weighted by molar-refractivity contribution is -0.143. The molecule has 0 spiro atoms. The molecule has 1 fully saturated rings. The standard InChI is InChI=1S/C14H24N4O7/c1-7(11(21)18-10(6-20)14(24)25)16-13(23)9(5-19)17-12(22)8-3-2-4-15-8/h7-10,15,19-20H,2-6H2,1H3,(H,16,23)(H,17,22)(H,18,21)(H,24,25)/t7-,8-,9-,10-/m0/s1. The predicted molar refractivity (Wildman–Crippen MR) is 84.3 cm³/mol. The van der Waals surface area contributed by atoms with E-state index >= 15 is 0 Å². The van der Waals surface area contributed by atoms with Gasteiger partial charge in [-0.05, 0) is 26.3 Å². The highest BCUT2D eigenvalue weighted by atomic mass is 16.4. The topological polar surface area (TPSA) is 177 Å². The molecule has 0 radical (unpaired) electrons. The van der Waals surface area contributed by atoms with Gasteiger partial charge in [0.2, 0.25) is 17.7 Å². The molecule has 0 aliphatic carbocycles. The van der Waals surface area contributed by atoms with Crippen molar-refractivity contribution in [2.75, 3.05) is 19.8 Å². The van der Waals surface area contributed by atoms with Crippen molar-refractivity contribution >= 4 is 23.7 Å². The average molecular weight is 360 g/mol. The Hall–Kier alpha value is -2.24. The van der Waals surface area contributed by atoms with Crippen molar-refractivity contribution in [2.45, 2.75) is 43.9 Å². The van der Waals surface area contributed by atoms with Crippen LogP contribution in [0, 0.1) is 0 Å². The van der Waals surface area contributed by atoms with Crippen molar-refractivity contribution in [1.82, 2.24) is 21.3 Å². The van der Waals surface area contributed by atoms with Crippen LogP contribution in [0.3, 0.4) is 0 Å². The van der Waals surface area contributed by atoms with E-state index < -0.39 is 61.1 Å². The van der Waals surface area contributed by atoms with E-state index in [0.29, 0.717) is 13.0 Å². The van der Waals surface area contributed by atoms with Crippen molar-refractivity contribution < 1.29 is 34.5 Å². The first kappa shape index (κ1) is 20.8. The number of amides is 3. The fraction of sp³-hybridized carbons (Fsp3) is 0.714. The van der Waals surface area contributed by atoms with Gasteiger partial charge in [-0.15, -0.1) is 0 Å². The summed E-state index contributed by atoms with van der Waals surface area (Å²) in [7, 11) is 0. The van der Waals surface area contributed by atoms with E-state index in [9.17, 15) is 24.3 Å². The fourth-order valence-electron chi connectivity index (χ4n) is 2.24. The molecule has 1 rings (SSSR count). The Balaban J connectivity index is 2.54. The molecule has 142 valence electrons. The molecule has 4 atom stereocenters. The number of aliphatic hydroxyl groups excluding tert-OH is 2. The van der Waals surface area contributed by atoms with Crippen LogP contribution in [0.25, 0.3) is 0 Å². The third-order valence-corrected chi connectivity index (χ3v) is 3.74. The molecule has 1 saturated heterocycles. The second-order valence-corrected chi connectivity index (χ2v) is 5.70. The summed E-state index contributed by atoms with van der Waals surface area (Å²) in [5, 5.41) is 36.6. The first-order valence-corrected chi connectivity index (χ1v) is 7.89. The lowest BCUT2D eigenvalue weighted by atomic mass is 10.2. The van der Waals surface area contributed by atoms with Crippen molar-refractivity contribution in [3.63, 3.8) is 0 Å². The van der Waals surface area contributed by atoms with Gasteiger partial charge in [0.1, 0.15) is 18.1 Å². The second kappa shape index (κ2) is 9.91. The Morgan fingerprint density at radius 1 is 1.04 bits per heavy atom. The first-order valence-electron chi connectivity index (χ1n) is 7.89. The second-order valence-electron chi connectivity index (χ2n) is 5.70. The lowest BCUT2D eigenvalue weighted by Crippen LogP contribution is -2.57. The van der Waals surface area contributed by atoms with Gasteiger partial charge in [-0.2, -0.15) is 0 Å². The molecule has 3 amide bonds. The van der Waals surface area contributed by atoms with Crippen LogP contribution in [-0.4, -0.2) is 82.9 Å². The molecule has 1 aliphatic heterocycles. The van der Waals surface area contributed by atoms with Gasteiger partial charge in [-0.3, -0.25) is 14.4 Å². The van der Waals surface area contributed by atoms with Gasteiger partial charge in [-0.25, -0.2) is 4.79 Å². The Morgan fingerprint density at radius 3 is 2.16 bits per heavy atom. The molecular formula is C14H24N4O7. The summed E-state index contributed by atoms with van der Waals surface area (Å²) in [4.78, 5) is 46.6. The number of hydrogen-bond acceptors (Lipinski definition) is 7. The van der Waals surface area contributed by atoms with Gasteiger partial charge in [0.15, 0.2) is 0 Å². The zero-order valence-corrected chi connectivity index (χ0v) is 13.8. The van der Waals surface area contributed by atoms with E-state index in [1.165, 1.54) is 6.92 Å². The third-order valence-electron chi connectivity index (χ3n) is 3.74. The average Bonchev–Trinajstić information content (AvgIpc) is 3.11. The number of aliphatic carboxylic acids is 1. The SMILES string of the molecule is C[C@H](NC(=O)[C@H](CO)NC(=O)[C@@H]1CCCN1)C(=O)N[C@@H](CO)C(=O)O. The summed E-state index contributed by atoms with van der Waals surface area (Å²) >= 11 is 0. The Bertz CT molecular complexity index is 507. The zero-order valence-electron chi connectivity index (χ0n) is 13.8. The van der Waals surface area contributed by atoms with E-state index in [4.69, 9.17) is 10.2 Å². The molecule has 0 aromatic heterocycles. The quantitative estimate of drug-likeness (QED) is 0.219. The maximum atomic E-state index is 12.1. The maximum absolute atomic E-state index is 12.1. The van der Waals surface area contributed by atoms with Crippen LogP contribution in [0.5, 0.6) is 0 Å². The number of hydrogen-bond donors (Lipinski definition) is 7. The van der Waals surface area contributed by atoms with E-state index in [1.807, 2.05) is 0 Å². The minimum atomic E-state index is -1.49. The van der Waals surface area contributed by atoms with Crippen LogP contribution in [0.15, 0.2) is 0 Å². The normalized spacial score (nSPS) is 20.2. The molecule has 0 saturated carbocycles. The number of carboxylic acid groups (broad SMARTS) is 1. The Kier molecular flexibility index (Phi) is 8.25. The minimum absolute atomic E-state index is 0.421. The number of carbonyl (C=O) groups excluding carboxylic acids is 3.